The summed E-state index contributed by atoms with van der Waals surface area (Å²) >= 11 is 0. The van der Waals surface area contributed by atoms with Crippen LogP contribution >= 0.6 is 0 Å². The van der Waals surface area contributed by atoms with Crippen LogP contribution in [0.25, 0.3) is 0 Å². The third-order valence-corrected chi connectivity index (χ3v) is 3.94. The van der Waals surface area contributed by atoms with Crippen molar-refractivity contribution < 1.29 is 19.1 Å². The van der Waals surface area contributed by atoms with Gasteiger partial charge < -0.3 is 14.8 Å². The largest absolute Gasteiger partial charge is 0.457 e. The third kappa shape index (κ3) is 4.46. The highest BCUT2D eigenvalue weighted by atomic mass is 16.6. The molecule has 0 saturated carbocycles. The van der Waals surface area contributed by atoms with Crippen molar-refractivity contribution in [3.63, 3.8) is 0 Å². The molecule has 1 N–H and O–H groups in total. The van der Waals surface area contributed by atoms with Crippen LogP contribution in [0.1, 0.15) is 48.0 Å². The van der Waals surface area contributed by atoms with Crippen LogP contribution in [0.4, 0.5) is 0 Å². The van der Waals surface area contributed by atoms with Crippen LogP contribution in [-0.4, -0.2) is 35.7 Å². The first-order valence-corrected chi connectivity index (χ1v) is 8.12. The number of ether oxygens (including phenoxy) is 2. The van der Waals surface area contributed by atoms with Crippen LogP contribution in [0, 0.1) is 11.8 Å². The highest BCUT2D eigenvalue weighted by Crippen LogP contribution is 2.40. The second-order valence-corrected chi connectivity index (χ2v) is 6.96. The van der Waals surface area contributed by atoms with Gasteiger partial charge in [-0.2, -0.15) is 0 Å². The molecule has 1 amide bonds. The molecule has 0 aromatic carbocycles. The van der Waals surface area contributed by atoms with Gasteiger partial charge in [0.05, 0.1) is 12.2 Å². The summed E-state index contributed by atoms with van der Waals surface area (Å²) in [6.07, 6.45) is 1.19. The van der Waals surface area contributed by atoms with Gasteiger partial charge in [0.15, 0.2) is 6.10 Å². The molecule has 1 saturated heterocycles. The van der Waals surface area contributed by atoms with Crippen molar-refractivity contribution in [2.24, 2.45) is 11.8 Å². The van der Waals surface area contributed by atoms with E-state index in [9.17, 15) is 9.59 Å². The summed E-state index contributed by atoms with van der Waals surface area (Å²) in [6, 6.07) is 0. The van der Waals surface area contributed by atoms with Crippen LogP contribution in [0.15, 0.2) is 18.4 Å². The Bertz CT molecular complexity index is 493. The number of nitrogens with one attached hydrogen (secondary N) is 1. The van der Waals surface area contributed by atoms with E-state index in [4.69, 9.17) is 9.47 Å². The first-order valence-electron chi connectivity index (χ1n) is 8.12. The van der Waals surface area contributed by atoms with Gasteiger partial charge in [0, 0.05) is 13.8 Å². The van der Waals surface area contributed by atoms with Crippen molar-refractivity contribution in [2.45, 2.75) is 71.8 Å². The fraction of sp³-hybridized carbons (Fsp3) is 0.722. The lowest BCUT2D eigenvalue weighted by Crippen LogP contribution is -2.61. The predicted molar refractivity (Wildman–Crippen MR) is 88.8 cm³/mol. The van der Waals surface area contributed by atoms with Gasteiger partial charge in [-0.1, -0.05) is 34.3 Å². The summed E-state index contributed by atoms with van der Waals surface area (Å²) in [5, 5.41) is 2.95. The number of carbonyl (C=O) groups excluding carboxylic acids is 2. The van der Waals surface area contributed by atoms with Crippen LogP contribution < -0.4 is 5.32 Å². The Hall–Kier alpha value is -1.58. The number of hydrogen-bond acceptors (Lipinski definition) is 4. The average Bonchev–Trinajstić information content (AvgIpc) is 2.63. The molecule has 1 heterocycles. The molecular weight excluding hydrogens is 294 g/mol. The second kappa shape index (κ2) is 7.80. The molecule has 1 rings (SSSR count). The van der Waals surface area contributed by atoms with E-state index in [0.29, 0.717) is 5.92 Å². The van der Waals surface area contributed by atoms with E-state index in [1.54, 1.807) is 6.08 Å². The van der Waals surface area contributed by atoms with Gasteiger partial charge >= 0.3 is 5.97 Å². The van der Waals surface area contributed by atoms with Crippen molar-refractivity contribution in [1.29, 1.82) is 0 Å². The van der Waals surface area contributed by atoms with Crippen molar-refractivity contribution in [3.8, 4) is 0 Å². The van der Waals surface area contributed by atoms with Gasteiger partial charge in [-0.05, 0) is 24.3 Å². The van der Waals surface area contributed by atoms with Gasteiger partial charge in [-0.3, -0.25) is 9.59 Å². The highest BCUT2D eigenvalue weighted by molar-refractivity contribution is 5.75. The number of amides is 1. The molecule has 0 aromatic rings. The van der Waals surface area contributed by atoms with E-state index in [2.05, 4.69) is 31.5 Å². The van der Waals surface area contributed by atoms with Gasteiger partial charge in [-0.15, -0.1) is 5.73 Å². The molecular formula is C18H29NO4. The lowest BCUT2D eigenvalue weighted by Gasteiger charge is -2.37. The third-order valence-electron chi connectivity index (χ3n) is 3.94. The summed E-state index contributed by atoms with van der Waals surface area (Å²) in [5.74, 6) is -0.134. The fourth-order valence-electron chi connectivity index (χ4n) is 3.36. The van der Waals surface area contributed by atoms with Crippen molar-refractivity contribution in [1.82, 2.24) is 5.32 Å². The molecule has 1 unspecified atom stereocenters. The lowest BCUT2D eigenvalue weighted by atomic mass is 9.80. The molecule has 0 bridgehead atoms. The van der Waals surface area contributed by atoms with E-state index in [1.807, 2.05) is 13.8 Å². The Morgan fingerprint density at radius 2 is 1.96 bits per heavy atom. The highest BCUT2D eigenvalue weighted by Gasteiger charge is 2.58. The minimum Gasteiger partial charge on any atom is -0.457 e. The molecule has 5 heteroatoms. The van der Waals surface area contributed by atoms with E-state index in [-0.39, 0.29) is 24.0 Å². The summed E-state index contributed by atoms with van der Waals surface area (Å²) in [6.45, 7) is 14.6. The Kier molecular flexibility index (Phi) is 6.60. The maximum absolute atomic E-state index is 11.8. The Morgan fingerprint density at radius 3 is 2.35 bits per heavy atom. The average molecular weight is 323 g/mol. The molecule has 1 aliphatic rings. The summed E-state index contributed by atoms with van der Waals surface area (Å²) in [7, 11) is 0. The predicted octanol–water partition coefficient (Wildman–Crippen LogP) is 2.60. The molecule has 1 aliphatic heterocycles. The molecule has 1 fully saturated rings. The van der Waals surface area contributed by atoms with Gasteiger partial charge in [0.2, 0.25) is 5.91 Å². The molecule has 4 atom stereocenters. The normalized spacial score (nSPS) is 30.2. The van der Waals surface area contributed by atoms with E-state index < -0.39 is 17.6 Å². The van der Waals surface area contributed by atoms with Gasteiger partial charge in [0.1, 0.15) is 5.54 Å². The molecule has 5 nitrogen and oxygen atoms in total. The first-order chi connectivity index (χ1) is 10.6. The van der Waals surface area contributed by atoms with Crippen LogP contribution in [0.3, 0.4) is 0 Å². The van der Waals surface area contributed by atoms with E-state index >= 15 is 0 Å². The maximum atomic E-state index is 11.8. The van der Waals surface area contributed by atoms with E-state index in [1.165, 1.54) is 13.8 Å². The Labute approximate surface area is 139 Å². The lowest BCUT2D eigenvalue weighted by molar-refractivity contribution is -0.152. The minimum atomic E-state index is -0.951. The quantitative estimate of drug-likeness (QED) is 0.603. The molecule has 0 spiro atoms. The molecule has 0 aromatic heterocycles. The van der Waals surface area contributed by atoms with Crippen molar-refractivity contribution >= 4 is 11.9 Å². The molecule has 0 aliphatic carbocycles. The van der Waals surface area contributed by atoms with Gasteiger partial charge in [0.25, 0.3) is 0 Å². The summed E-state index contributed by atoms with van der Waals surface area (Å²) in [5.41, 5.74) is 1.81. The zero-order valence-corrected chi connectivity index (χ0v) is 15.0. The van der Waals surface area contributed by atoms with E-state index in [0.717, 1.165) is 6.42 Å². The fourth-order valence-corrected chi connectivity index (χ4v) is 3.36. The van der Waals surface area contributed by atoms with Gasteiger partial charge in [-0.25, -0.2) is 0 Å². The van der Waals surface area contributed by atoms with Crippen molar-refractivity contribution in [3.05, 3.63) is 18.4 Å². The Morgan fingerprint density at radius 1 is 1.35 bits per heavy atom. The molecule has 23 heavy (non-hydrogen) atoms. The first kappa shape index (κ1) is 19.5. The van der Waals surface area contributed by atoms with Crippen LogP contribution in [-0.2, 0) is 19.1 Å². The topological polar surface area (TPSA) is 64.6 Å². The standard InChI is InChI=1S/C18H29NO4/c1-8-9-18(19-13(6)20)16(12(4)5)23-15(10-11(2)3)17(18)22-14(7)21/h9,11-12,15-17H,1,10H2,2-7H3,(H,19,20)/t15-,16+,17-,18?/m1/s1. The summed E-state index contributed by atoms with van der Waals surface area (Å²) in [4.78, 5) is 23.5. The zero-order chi connectivity index (χ0) is 17.8. The number of hydrogen-bond donors (Lipinski definition) is 1. The minimum absolute atomic E-state index is 0.113. The maximum Gasteiger partial charge on any atom is 0.303 e. The Balaban J connectivity index is 3.40. The molecule has 130 valence electrons. The monoisotopic (exact) mass is 323 g/mol. The zero-order valence-electron chi connectivity index (χ0n) is 15.0. The number of carbonyl (C=O) groups is 2. The summed E-state index contributed by atoms with van der Waals surface area (Å²) < 4.78 is 11.8. The second-order valence-electron chi connectivity index (χ2n) is 6.96. The molecule has 0 radical (unpaired) electrons. The van der Waals surface area contributed by atoms with Crippen molar-refractivity contribution in [2.75, 3.05) is 0 Å². The number of rotatable bonds is 6. The number of esters is 1. The van der Waals surface area contributed by atoms with Crippen LogP contribution in [0.5, 0.6) is 0 Å². The SMILES string of the molecule is C=C=CC1(NC(C)=O)[C@H](OC(C)=O)[C@@H](CC(C)C)O[C@H]1C(C)C. The smallest absolute Gasteiger partial charge is 0.303 e. The van der Waals surface area contributed by atoms with Crippen LogP contribution in [0.2, 0.25) is 0 Å².